The second kappa shape index (κ2) is 15.7. The molecule has 0 atom stereocenters. The first-order chi connectivity index (χ1) is 20.7. The summed E-state index contributed by atoms with van der Waals surface area (Å²) in [5, 5.41) is 0. The monoisotopic (exact) mass is 592 g/mol. The smallest absolute Gasteiger partial charge is 0.343 e. The lowest BCUT2D eigenvalue weighted by Crippen LogP contribution is -2.14. The van der Waals surface area contributed by atoms with Crippen molar-refractivity contribution in [2.75, 3.05) is 41.2 Å². The first-order valence-corrected chi connectivity index (χ1v) is 13.1. The van der Waals surface area contributed by atoms with Crippen LogP contribution in [0.1, 0.15) is 48.5 Å². The maximum atomic E-state index is 11.8. The summed E-state index contributed by atoms with van der Waals surface area (Å²) >= 11 is 0. The van der Waals surface area contributed by atoms with Crippen LogP contribution in [0.2, 0.25) is 0 Å². The first kappa shape index (κ1) is 32.3. The van der Waals surface area contributed by atoms with Crippen LogP contribution in [0, 0.1) is 6.92 Å². The summed E-state index contributed by atoms with van der Waals surface area (Å²) in [4.78, 5) is 58.2. The Morgan fingerprint density at radius 1 is 0.605 bits per heavy atom. The summed E-state index contributed by atoms with van der Waals surface area (Å²) in [5.41, 5.74) is 4.51. The summed E-state index contributed by atoms with van der Waals surface area (Å²) in [7, 11) is 3.76. The van der Waals surface area contributed by atoms with Gasteiger partial charge in [0.2, 0.25) is 0 Å². The van der Waals surface area contributed by atoms with Gasteiger partial charge in [0.1, 0.15) is 17.2 Å². The molecule has 0 saturated carbocycles. The number of methoxy groups -OCH3 is 3. The predicted molar refractivity (Wildman–Crippen MR) is 153 cm³/mol. The maximum Gasteiger partial charge on any atom is 0.343 e. The van der Waals surface area contributed by atoms with E-state index in [1.165, 1.54) is 21.3 Å². The van der Waals surface area contributed by atoms with Crippen LogP contribution in [0.3, 0.4) is 0 Å². The van der Waals surface area contributed by atoms with E-state index >= 15 is 0 Å². The molecule has 0 N–H and O–H groups in total. The first-order valence-electron chi connectivity index (χ1n) is 13.1. The molecule has 0 aliphatic rings. The number of ether oxygens (including phenoxy) is 6. The molecule has 0 unspecified atom stereocenters. The number of carbonyl (C=O) groups excluding carboxylic acids is 5. The highest BCUT2D eigenvalue weighted by Gasteiger charge is 2.16. The number of aryl methyl sites for hydroxylation is 1. The number of hydrogen-bond acceptors (Lipinski definition) is 11. The molecule has 3 aromatic carbocycles. The van der Waals surface area contributed by atoms with Gasteiger partial charge in [-0.1, -0.05) is 24.3 Å². The molecule has 3 aromatic rings. The number of aldehydes is 2. The topological polar surface area (TPSA) is 141 Å². The third-order valence-electron chi connectivity index (χ3n) is 6.32. The molecule has 3 rings (SSSR count). The Balaban J connectivity index is 1.92. The quantitative estimate of drug-likeness (QED) is 0.146. The Kier molecular flexibility index (Phi) is 11.8. The van der Waals surface area contributed by atoms with Crippen molar-refractivity contribution in [3.05, 3.63) is 87.5 Å². The largest absolute Gasteiger partial charge is 0.481 e. The number of benzene rings is 3. The van der Waals surface area contributed by atoms with Crippen molar-refractivity contribution < 1.29 is 52.4 Å². The van der Waals surface area contributed by atoms with Gasteiger partial charge in [0.25, 0.3) is 0 Å². The van der Waals surface area contributed by atoms with E-state index in [0.29, 0.717) is 31.2 Å². The Morgan fingerprint density at radius 3 is 1.53 bits per heavy atom. The summed E-state index contributed by atoms with van der Waals surface area (Å²) in [6.07, 6.45) is 2.07. The van der Waals surface area contributed by atoms with Crippen LogP contribution in [0.4, 0.5) is 0 Å². The van der Waals surface area contributed by atoms with Crippen LogP contribution in [0.5, 0.6) is 17.2 Å². The normalized spacial score (nSPS) is 10.3. The van der Waals surface area contributed by atoms with Gasteiger partial charge in [0.05, 0.1) is 32.5 Å². The Labute approximate surface area is 248 Å². The van der Waals surface area contributed by atoms with Crippen LogP contribution in [0.15, 0.2) is 48.5 Å². The fourth-order valence-corrected chi connectivity index (χ4v) is 4.27. The van der Waals surface area contributed by atoms with Crippen molar-refractivity contribution in [1.82, 2.24) is 0 Å². The molecule has 0 fully saturated rings. The zero-order valence-electron chi connectivity index (χ0n) is 24.3. The highest BCUT2D eigenvalue weighted by Crippen LogP contribution is 2.31. The number of rotatable bonds is 15. The van der Waals surface area contributed by atoms with E-state index in [0.717, 1.165) is 27.8 Å². The van der Waals surface area contributed by atoms with Gasteiger partial charge < -0.3 is 28.4 Å². The average molecular weight is 593 g/mol. The van der Waals surface area contributed by atoms with Crippen LogP contribution >= 0.6 is 0 Å². The molecule has 0 aromatic heterocycles. The van der Waals surface area contributed by atoms with Crippen molar-refractivity contribution in [1.29, 1.82) is 0 Å². The maximum absolute atomic E-state index is 11.8. The summed E-state index contributed by atoms with van der Waals surface area (Å²) in [6, 6.07) is 13.9. The van der Waals surface area contributed by atoms with Gasteiger partial charge in [-0.2, -0.15) is 0 Å². The third kappa shape index (κ3) is 9.15. The van der Waals surface area contributed by atoms with Gasteiger partial charge in [0.15, 0.2) is 32.4 Å². The SMILES string of the molecule is COC(=O)COc1ccc(Cc2cc(C)c(OCC(=O)OC)c(Cc3ccc(OCC(=O)OC)c(C=O)c3)c2)cc1C=O. The minimum atomic E-state index is -0.579. The van der Waals surface area contributed by atoms with Crippen molar-refractivity contribution in [3.8, 4) is 17.2 Å². The Hall–Kier alpha value is -5.19. The molecule has 0 radical (unpaired) electrons. The van der Waals surface area contributed by atoms with E-state index in [4.69, 9.17) is 18.9 Å². The van der Waals surface area contributed by atoms with E-state index in [1.54, 1.807) is 36.4 Å². The summed E-state index contributed by atoms with van der Waals surface area (Å²) < 4.78 is 30.5. The fraction of sp³-hybridized carbons (Fsp3) is 0.281. The van der Waals surface area contributed by atoms with Crippen molar-refractivity contribution in [2.24, 2.45) is 0 Å². The molecule has 0 amide bonds. The number of esters is 3. The lowest BCUT2D eigenvalue weighted by molar-refractivity contribution is -0.143. The molecular formula is C32H32O11. The highest BCUT2D eigenvalue weighted by atomic mass is 16.6. The standard InChI is InChI=1S/C32H32O11/c1-20-9-23(10-21-5-7-27(25(12-21)15-33)41-17-29(35)38-2)14-24(32(20)43-19-31(37)40-4)11-22-6-8-28(26(13-22)16-34)42-18-30(36)39-3/h5-9,12-16H,10-11,17-19H2,1-4H3. The molecule has 11 heteroatoms. The molecule has 0 bridgehead atoms. The zero-order valence-corrected chi connectivity index (χ0v) is 24.3. The van der Waals surface area contributed by atoms with Crippen LogP contribution in [0.25, 0.3) is 0 Å². The van der Waals surface area contributed by atoms with Crippen molar-refractivity contribution in [3.63, 3.8) is 0 Å². The Morgan fingerprint density at radius 2 is 1.07 bits per heavy atom. The van der Waals surface area contributed by atoms with Crippen LogP contribution in [-0.2, 0) is 41.4 Å². The van der Waals surface area contributed by atoms with E-state index in [9.17, 15) is 24.0 Å². The average Bonchev–Trinajstić information content (AvgIpc) is 3.02. The molecule has 0 spiro atoms. The molecule has 0 aliphatic heterocycles. The predicted octanol–water partition coefficient (Wildman–Crippen LogP) is 3.46. The molecule has 43 heavy (non-hydrogen) atoms. The minimum Gasteiger partial charge on any atom is -0.481 e. The van der Waals surface area contributed by atoms with Crippen LogP contribution in [-0.4, -0.2) is 71.6 Å². The van der Waals surface area contributed by atoms with E-state index < -0.39 is 17.9 Å². The van der Waals surface area contributed by atoms with Gasteiger partial charge in [0, 0.05) is 6.42 Å². The molecule has 226 valence electrons. The summed E-state index contributed by atoms with van der Waals surface area (Å²) in [5.74, 6) is -0.696. The second-order valence-electron chi connectivity index (χ2n) is 9.33. The minimum absolute atomic E-state index is 0.237. The van der Waals surface area contributed by atoms with Gasteiger partial charge in [-0.05, 0) is 65.4 Å². The van der Waals surface area contributed by atoms with Gasteiger partial charge >= 0.3 is 17.9 Å². The van der Waals surface area contributed by atoms with Crippen LogP contribution < -0.4 is 14.2 Å². The lowest BCUT2D eigenvalue weighted by atomic mass is 9.94. The van der Waals surface area contributed by atoms with E-state index in [2.05, 4.69) is 9.47 Å². The molecule has 0 saturated heterocycles. The second-order valence-corrected chi connectivity index (χ2v) is 9.33. The van der Waals surface area contributed by atoms with Crippen molar-refractivity contribution in [2.45, 2.75) is 19.8 Å². The third-order valence-corrected chi connectivity index (χ3v) is 6.32. The Bertz CT molecular complexity index is 1490. The fourth-order valence-electron chi connectivity index (χ4n) is 4.27. The zero-order chi connectivity index (χ0) is 31.4. The van der Waals surface area contributed by atoms with E-state index in [1.807, 2.05) is 19.1 Å². The number of hydrogen-bond donors (Lipinski definition) is 0. The van der Waals surface area contributed by atoms with Gasteiger partial charge in [-0.25, -0.2) is 14.4 Å². The van der Waals surface area contributed by atoms with Gasteiger partial charge in [-0.3, -0.25) is 9.59 Å². The highest BCUT2D eigenvalue weighted by molar-refractivity contribution is 5.81. The van der Waals surface area contributed by atoms with E-state index in [-0.39, 0.29) is 42.4 Å². The lowest BCUT2D eigenvalue weighted by Gasteiger charge is -2.17. The molecule has 0 heterocycles. The molecule has 11 nitrogen and oxygen atoms in total. The summed E-state index contributed by atoms with van der Waals surface area (Å²) in [6.45, 7) is 0.893. The van der Waals surface area contributed by atoms with Crippen molar-refractivity contribution >= 4 is 30.5 Å². The molecule has 0 aliphatic carbocycles. The van der Waals surface area contributed by atoms with Gasteiger partial charge in [-0.15, -0.1) is 0 Å². The molecular weight excluding hydrogens is 560 g/mol. The number of carbonyl (C=O) groups is 5.